The molecule has 0 aliphatic heterocycles. The molecule has 1 aromatic heterocycles. The van der Waals surface area contributed by atoms with E-state index in [1.54, 1.807) is 18.4 Å². The van der Waals surface area contributed by atoms with Crippen LogP contribution in [0.1, 0.15) is 31.1 Å². The average Bonchev–Trinajstić information content (AvgIpc) is 2.53. The fourth-order valence-corrected chi connectivity index (χ4v) is 2.03. The molecule has 0 aromatic carbocycles. The lowest BCUT2D eigenvalue weighted by molar-refractivity contribution is 0.416. The van der Waals surface area contributed by atoms with Gasteiger partial charge in [-0.1, -0.05) is 19.8 Å². The average molecular weight is 184 g/mol. The monoisotopic (exact) mass is 184 g/mol. The molecule has 0 radical (unpaired) electrons. The van der Waals surface area contributed by atoms with Crippen LogP contribution in [0, 0.1) is 0 Å². The summed E-state index contributed by atoms with van der Waals surface area (Å²) in [7, 11) is 1.72. The molecule has 0 amide bonds. The van der Waals surface area contributed by atoms with Gasteiger partial charge < -0.3 is 4.74 Å². The summed E-state index contributed by atoms with van der Waals surface area (Å²) in [5.41, 5.74) is 0. The summed E-state index contributed by atoms with van der Waals surface area (Å²) in [4.78, 5) is 1.44. The smallest absolute Gasteiger partial charge is 0.129 e. The third-order valence-corrected chi connectivity index (χ3v) is 2.87. The second-order valence-electron chi connectivity index (χ2n) is 2.91. The maximum atomic E-state index is 5.11. The van der Waals surface area contributed by atoms with Gasteiger partial charge >= 0.3 is 0 Å². The number of hydrogen-bond donors (Lipinski definition) is 0. The van der Waals surface area contributed by atoms with Gasteiger partial charge in [0, 0.05) is 10.3 Å². The third-order valence-electron chi connectivity index (χ3n) is 1.89. The number of hydrogen-bond acceptors (Lipinski definition) is 2. The van der Waals surface area contributed by atoms with Gasteiger partial charge in [-0.2, -0.15) is 0 Å². The number of unbranched alkanes of at least 4 members (excludes halogenated alkanes) is 2. The van der Waals surface area contributed by atoms with E-state index in [1.807, 2.05) is 0 Å². The Morgan fingerprint density at radius 3 is 2.83 bits per heavy atom. The standard InChI is InChI=1S/C10H16OS/c1-3-4-5-6-10-7-9(11-2)8-12-10/h7-8H,3-6H2,1-2H3. The van der Waals surface area contributed by atoms with E-state index in [4.69, 9.17) is 4.74 Å². The molecule has 12 heavy (non-hydrogen) atoms. The Labute approximate surface area is 78.4 Å². The summed E-state index contributed by atoms with van der Waals surface area (Å²) in [6.45, 7) is 2.23. The maximum Gasteiger partial charge on any atom is 0.129 e. The van der Waals surface area contributed by atoms with Gasteiger partial charge in [-0.05, 0) is 18.9 Å². The molecule has 0 saturated heterocycles. The van der Waals surface area contributed by atoms with Crippen molar-refractivity contribution in [3.8, 4) is 5.75 Å². The summed E-state index contributed by atoms with van der Waals surface area (Å²) >= 11 is 1.80. The Morgan fingerprint density at radius 1 is 1.42 bits per heavy atom. The highest BCUT2D eigenvalue weighted by Gasteiger charge is 1.98. The zero-order chi connectivity index (χ0) is 8.81. The summed E-state index contributed by atoms with van der Waals surface area (Å²) in [5.74, 6) is 1.01. The predicted octanol–water partition coefficient (Wildman–Crippen LogP) is 3.49. The zero-order valence-corrected chi connectivity index (χ0v) is 8.62. The van der Waals surface area contributed by atoms with Gasteiger partial charge in [0.15, 0.2) is 0 Å². The second-order valence-corrected chi connectivity index (χ2v) is 3.91. The van der Waals surface area contributed by atoms with Crippen molar-refractivity contribution >= 4 is 11.3 Å². The van der Waals surface area contributed by atoms with Gasteiger partial charge in [0.1, 0.15) is 5.75 Å². The minimum absolute atomic E-state index is 1.01. The van der Waals surface area contributed by atoms with Crippen molar-refractivity contribution in [1.29, 1.82) is 0 Å². The Hall–Kier alpha value is -0.500. The first-order valence-electron chi connectivity index (χ1n) is 4.48. The quantitative estimate of drug-likeness (QED) is 0.636. The van der Waals surface area contributed by atoms with Crippen molar-refractivity contribution in [2.45, 2.75) is 32.6 Å². The van der Waals surface area contributed by atoms with E-state index in [-0.39, 0.29) is 0 Å². The van der Waals surface area contributed by atoms with Crippen LogP contribution < -0.4 is 4.74 Å². The normalized spacial score (nSPS) is 10.2. The molecule has 0 bridgehead atoms. The first-order chi connectivity index (χ1) is 5.86. The van der Waals surface area contributed by atoms with Gasteiger partial charge in [-0.15, -0.1) is 11.3 Å². The van der Waals surface area contributed by atoms with E-state index in [0.717, 1.165) is 5.75 Å². The van der Waals surface area contributed by atoms with E-state index >= 15 is 0 Å². The van der Waals surface area contributed by atoms with E-state index in [1.165, 1.54) is 30.6 Å². The van der Waals surface area contributed by atoms with Gasteiger partial charge in [-0.3, -0.25) is 0 Å². The summed E-state index contributed by atoms with van der Waals surface area (Å²) < 4.78 is 5.11. The molecule has 0 aliphatic rings. The van der Waals surface area contributed by atoms with Crippen LogP contribution in [0.3, 0.4) is 0 Å². The van der Waals surface area contributed by atoms with Gasteiger partial charge in [-0.25, -0.2) is 0 Å². The van der Waals surface area contributed by atoms with Crippen LogP contribution in [0.5, 0.6) is 5.75 Å². The van der Waals surface area contributed by atoms with Crippen LogP contribution in [-0.2, 0) is 6.42 Å². The molecule has 0 N–H and O–H groups in total. The first kappa shape index (κ1) is 9.59. The Balaban J connectivity index is 2.31. The first-order valence-corrected chi connectivity index (χ1v) is 5.36. The molecule has 0 unspecified atom stereocenters. The number of ether oxygens (including phenoxy) is 1. The molecule has 0 atom stereocenters. The molecular weight excluding hydrogens is 168 g/mol. The van der Waals surface area contributed by atoms with E-state index < -0.39 is 0 Å². The molecule has 1 rings (SSSR count). The van der Waals surface area contributed by atoms with Gasteiger partial charge in [0.2, 0.25) is 0 Å². The topological polar surface area (TPSA) is 9.23 Å². The van der Waals surface area contributed by atoms with Crippen molar-refractivity contribution in [1.82, 2.24) is 0 Å². The minimum Gasteiger partial charge on any atom is -0.496 e. The van der Waals surface area contributed by atoms with Crippen LogP contribution in [-0.4, -0.2) is 7.11 Å². The molecule has 0 fully saturated rings. The predicted molar refractivity (Wildman–Crippen MR) is 54.1 cm³/mol. The summed E-state index contributed by atoms with van der Waals surface area (Å²) in [6.07, 6.45) is 5.14. The highest BCUT2D eigenvalue weighted by Crippen LogP contribution is 2.22. The Morgan fingerprint density at radius 2 is 2.25 bits per heavy atom. The van der Waals surface area contributed by atoms with Crippen LogP contribution in [0.15, 0.2) is 11.4 Å². The summed E-state index contributed by atoms with van der Waals surface area (Å²) in [6, 6.07) is 2.14. The van der Waals surface area contributed by atoms with Crippen LogP contribution in [0.2, 0.25) is 0 Å². The fourth-order valence-electron chi connectivity index (χ4n) is 1.15. The highest BCUT2D eigenvalue weighted by atomic mass is 32.1. The number of methoxy groups -OCH3 is 1. The third kappa shape index (κ3) is 2.86. The number of aryl methyl sites for hydroxylation is 1. The SMILES string of the molecule is CCCCCc1cc(OC)cs1. The van der Waals surface area contributed by atoms with Crippen LogP contribution >= 0.6 is 11.3 Å². The van der Waals surface area contributed by atoms with Gasteiger partial charge in [0.05, 0.1) is 7.11 Å². The van der Waals surface area contributed by atoms with Crippen LogP contribution in [0.4, 0.5) is 0 Å². The Bertz CT molecular complexity index is 217. The zero-order valence-electron chi connectivity index (χ0n) is 7.80. The van der Waals surface area contributed by atoms with E-state index in [9.17, 15) is 0 Å². The molecule has 0 aliphatic carbocycles. The lowest BCUT2D eigenvalue weighted by atomic mass is 10.2. The molecule has 1 heterocycles. The van der Waals surface area contributed by atoms with E-state index in [2.05, 4.69) is 18.4 Å². The molecule has 0 saturated carbocycles. The lowest BCUT2D eigenvalue weighted by Gasteiger charge is -1.94. The number of thiophene rings is 1. The van der Waals surface area contributed by atoms with Crippen molar-refractivity contribution in [2.75, 3.05) is 7.11 Å². The van der Waals surface area contributed by atoms with Crippen molar-refractivity contribution < 1.29 is 4.74 Å². The number of rotatable bonds is 5. The molecule has 1 aromatic rings. The lowest BCUT2D eigenvalue weighted by Crippen LogP contribution is -1.80. The molecular formula is C10H16OS. The molecule has 0 spiro atoms. The van der Waals surface area contributed by atoms with Gasteiger partial charge in [0.25, 0.3) is 0 Å². The van der Waals surface area contributed by atoms with E-state index in [0.29, 0.717) is 0 Å². The van der Waals surface area contributed by atoms with Crippen molar-refractivity contribution in [3.63, 3.8) is 0 Å². The van der Waals surface area contributed by atoms with Crippen LogP contribution in [0.25, 0.3) is 0 Å². The minimum atomic E-state index is 1.01. The van der Waals surface area contributed by atoms with Crippen molar-refractivity contribution in [3.05, 3.63) is 16.3 Å². The molecule has 2 heteroatoms. The molecule has 68 valence electrons. The second kappa shape index (κ2) is 5.20. The summed E-state index contributed by atoms with van der Waals surface area (Å²) in [5, 5.41) is 2.07. The van der Waals surface area contributed by atoms with Crippen molar-refractivity contribution in [2.24, 2.45) is 0 Å². The maximum absolute atomic E-state index is 5.11. The fraction of sp³-hybridized carbons (Fsp3) is 0.600. The Kier molecular flexibility index (Phi) is 4.15. The highest BCUT2D eigenvalue weighted by molar-refractivity contribution is 7.10. The largest absolute Gasteiger partial charge is 0.496 e. The molecule has 1 nitrogen and oxygen atoms in total.